The number of nitrogens with zero attached hydrogens (tertiary/aromatic N) is 2. The molecule has 6 nitrogen and oxygen atoms in total. The summed E-state index contributed by atoms with van der Waals surface area (Å²) in [5, 5.41) is 13.7. The predicted molar refractivity (Wildman–Crippen MR) is 74.5 cm³/mol. The molecule has 6 heteroatoms. The average molecular weight is 271 g/mol. The number of nitrogens with two attached hydrogens (primary N) is 1. The van der Waals surface area contributed by atoms with E-state index < -0.39 is 5.97 Å². The molecule has 3 rings (SSSR count). The zero-order valence-electron chi connectivity index (χ0n) is 11.0. The van der Waals surface area contributed by atoms with Crippen molar-refractivity contribution in [3.8, 4) is 11.1 Å². The molecule has 0 atom stereocenters. The number of para-hydroxylation sites is 1. The quantitative estimate of drug-likeness (QED) is 0.746. The van der Waals surface area contributed by atoms with Crippen molar-refractivity contribution in [1.82, 2.24) is 9.72 Å². The summed E-state index contributed by atoms with van der Waals surface area (Å²) >= 11 is 0. The van der Waals surface area contributed by atoms with Crippen molar-refractivity contribution >= 4 is 22.8 Å². The van der Waals surface area contributed by atoms with Gasteiger partial charge < -0.3 is 19.9 Å². The minimum atomic E-state index is -1.16. The lowest BCUT2D eigenvalue weighted by molar-refractivity contribution is 0.0686. The van der Waals surface area contributed by atoms with E-state index >= 15 is 0 Å². The lowest BCUT2D eigenvalue weighted by Crippen LogP contribution is -2.00. The van der Waals surface area contributed by atoms with Crippen molar-refractivity contribution in [3.05, 3.63) is 35.7 Å². The summed E-state index contributed by atoms with van der Waals surface area (Å²) in [5.41, 5.74) is 8.61. The molecular formula is C14H13N3O3. The molecule has 3 aromatic rings. The summed E-state index contributed by atoms with van der Waals surface area (Å²) in [6.45, 7) is 1.91. The number of carboxylic acids is 1. The lowest BCUT2D eigenvalue weighted by atomic mass is 10.0. The SMILES string of the molecule is Cc1c(-c2c(C(=O)O)noc2N)c2ccccc2n1C. The van der Waals surface area contributed by atoms with Crippen molar-refractivity contribution in [3.63, 3.8) is 0 Å². The Morgan fingerprint density at radius 2 is 2.05 bits per heavy atom. The number of carboxylic acid groups (broad SMARTS) is 1. The first-order valence-electron chi connectivity index (χ1n) is 6.05. The van der Waals surface area contributed by atoms with E-state index in [1.54, 1.807) is 0 Å². The standard InChI is InChI=1S/C14H13N3O3/c1-7-10(8-5-3-4-6-9(8)17(7)2)11-12(14(18)19)16-20-13(11)15/h3-6H,15H2,1-2H3,(H,18,19). The molecule has 0 saturated carbocycles. The molecule has 2 aromatic heterocycles. The third-order valence-corrected chi connectivity index (χ3v) is 3.57. The van der Waals surface area contributed by atoms with Crippen molar-refractivity contribution in [2.45, 2.75) is 6.92 Å². The van der Waals surface area contributed by atoms with E-state index in [9.17, 15) is 9.90 Å². The predicted octanol–water partition coefficient (Wildman–Crippen LogP) is 2.42. The Morgan fingerprint density at radius 3 is 2.75 bits per heavy atom. The number of benzene rings is 1. The average Bonchev–Trinajstić information content (AvgIpc) is 2.91. The first-order chi connectivity index (χ1) is 9.52. The number of aryl methyl sites for hydroxylation is 1. The summed E-state index contributed by atoms with van der Waals surface area (Å²) in [4.78, 5) is 11.3. The van der Waals surface area contributed by atoms with E-state index in [0.717, 1.165) is 22.2 Å². The summed E-state index contributed by atoms with van der Waals surface area (Å²) in [7, 11) is 1.92. The number of hydrogen-bond acceptors (Lipinski definition) is 4. The van der Waals surface area contributed by atoms with E-state index in [2.05, 4.69) is 5.16 Å². The van der Waals surface area contributed by atoms with Gasteiger partial charge in [-0.2, -0.15) is 0 Å². The normalized spacial score (nSPS) is 11.1. The molecule has 3 N–H and O–H groups in total. The van der Waals surface area contributed by atoms with Crippen LogP contribution >= 0.6 is 0 Å². The van der Waals surface area contributed by atoms with Gasteiger partial charge in [0.15, 0.2) is 0 Å². The van der Waals surface area contributed by atoms with Crippen LogP contribution in [0.25, 0.3) is 22.0 Å². The Kier molecular flexibility index (Phi) is 2.53. The minimum absolute atomic E-state index is 0.0156. The molecule has 2 heterocycles. The molecule has 0 amide bonds. The lowest BCUT2D eigenvalue weighted by Gasteiger charge is -2.01. The molecular weight excluding hydrogens is 258 g/mol. The molecule has 0 spiro atoms. The van der Waals surface area contributed by atoms with Gasteiger partial charge in [0.05, 0.1) is 5.56 Å². The fraction of sp³-hybridized carbons (Fsp3) is 0.143. The van der Waals surface area contributed by atoms with Gasteiger partial charge in [-0.25, -0.2) is 4.79 Å². The third kappa shape index (κ3) is 1.51. The molecule has 0 aliphatic carbocycles. The largest absolute Gasteiger partial charge is 0.476 e. The van der Waals surface area contributed by atoms with Crippen LogP contribution in [0.4, 0.5) is 5.88 Å². The van der Waals surface area contributed by atoms with Crippen LogP contribution in [-0.4, -0.2) is 20.8 Å². The summed E-state index contributed by atoms with van der Waals surface area (Å²) in [6, 6.07) is 7.72. The maximum atomic E-state index is 11.3. The summed E-state index contributed by atoms with van der Waals surface area (Å²) in [5.74, 6) is -1.14. The Labute approximate surface area is 114 Å². The van der Waals surface area contributed by atoms with Crippen LogP contribution < -0.4 is 5.73 Å². The van der Waals surface area contributed by atoms with Gasteiger partial charge in [0.2, 0.25) is 11.6 Å². The van der Waals surface area contributed by atoms with Gasteiger partial charge in [0.1, 0.15) is 0 Å². The second-order valence-corrected chi connectivity index (χ2v) is 4.61. The second kappa shape index (κ2) is 4.12. The van der Waals surface area contributed by atoms with Gasteiger partial charge in [-0.1, -0.05) is 23.4 Å². The van der Waals surface area contributed by atoms with Crippen molar-refractivity contribution in [2.24, 2.45) is 7.05 Å². The van der Waals surface area contributed by atoms with Crippen molar-refractivity contribution < 1.29 is 14.4 Å². The maximum Gasteiger partial charge on any atom is 0.358 e. The summed E-state index contributed by atoms with van der Waals surface area (Å²) < 4.78 is 6.85. The van der Waals surface area contributed by atoms with E-state index in [-0.39, 0.29) is 11.6 Å². The minimum Gasteiger partial charge on any atom is -0.476 e. The van der Waals surface area contributed by atoms with E-state index in [1.165, 1.54) is 0 Å². The molecule has 0 saturated heterocycles. The number of rotatable bonds is 2. The van der Waals surface area contributed by atoms with Crippen molar-refractivity contribution in [1.29, 1.82) is 0 Å². The second-order valence-electron chi connectivity index (χ2n) is 4.61. The number of aromatic carboxylic acids is 1. The van der Waals surface area contributed by atoms with Gasteiger partial charge in [0, 0.05) is 29.2 Å². The highest BCUT2D eigenvalue weighted by Crippen LogP contribution is 2.38. The first-order valence-corrected chi connectivity index (χ1v) is 6.05. The number of nitrogen functional groups attached to an aromatic ring is 1. The van der Waals surface area contributed by atoms with Crippen LogP contribution in [0.3, 0.4) is 0 Å². The molecule has 0 aliphatic heterocycles. The molecule has 1 aromatic carbocycles. The van der Waals surface area contributed by atoms with E-state index in [4.69, 9.17) is 10.3 Å². The summed E-state index contributed by atoms with van der Waals surface area (Å²) in [6.07, 6.45) is 0. The van der Waals surface area contributed by atoms with Crippen LogP contribution in [-0.2, 0) is 7.05 Å². The molecule has 0 bridgehead atoms. The number of fused-ring (bicyclic) bond motifs is 1. The van der Waals surface area contributed by atoms with Crippen LogP contribution in [0, 0.1) is 6.92 Å². The molecule has 0 aliphatic rings. The van der Waals surface area contributed by atoms with Crippen molar-refractivity contribution in [2.75, 3.05) is 5.73 Å². The number of anilines is 1. The maximum absolute atomic E-state index is 11.3. The van der Waals surface area contributed by atoms with E-state index in [0.29, 0.717) is 5.56 Å². The number of carbonyl (C=O) groups is 1. The Hall–Kier alpha value is -2.76. The van der Waals surface area contributed by atoms with Gasteiger partial charge >= 0.3 is 5.97 Å². The van der Waals surface area contributed by atoms with Crippen LogP contribution in [0.2, 0.25) is 0 Å². The third-order valence-electron chi connectivity index (χ3n) is 3.57. The molecule has 0 fully saturated rings. The van der Waals surface area contributed by atoms with Crippen LogP contribution in [0.5, 0.6) is 0 Å². The van der Waals surface area contributed by atoms with Gasteiger partial charge in [0.25, 0.3) is 0 Å². The highest BCUT2D eigenvalue weighted by molar-refractivity contribution is 6.06. The van der Waals surface area contributed by atoms with Crippen LogP contribution in [0.1, 0.15) is 16.2 Å². The number of hydrogen-bond donors (Lipinski definition) is 2. The Morgan fingerprint density at radius 1 is 1.35 bits per heavy atom. The molecule has 102 valence electrons. The Bertz CT molecular complexity index is 830. The van der Waals surface area contributed by atoms with Gasteiger partial charge in [-0.15, -0.1) is 0 Å². The smallest absolute Gasteiger partial charge is 0.358 e. The van der Waals surface area contributed by atoms with Crippen LogP contribution in [0.15, 0.2) is 28.8 Å². The molecule has 20 heavy (non-hydrogen) atoms. The highest BCUT2D eigenvalue weighted by atomic mass is 16.5. The van der Waals surface area contributed by atoms with Gasteiger partial charge in [-0.05, 0) is 13.0 Å². The zero-order valence-corrected chi connectivity index (χ0v) is 11.0. The van der Waals surface area contributed by atoms with E-state index in [1.807, 2.05) is 42.8 Å². The zero-order chi connectivity index (χ0) is 14.4. The fourth-order valence-electron chi connectivity index (χ4n) is 2.53. The first kappa shape index (κ1) is 12.3. The Balaban J connectivity index is 2.45. The molecule has 0 radical (unpaired) electrons. The highest BCUT2D eigenvalue weighted by Gasteiger charge is 2.26. The topological polar surface area (TPSA) is 94.3 Å². The fourth-order valence-corrected chi connectivity index (χ4v) is 2.53. The monoisotopic (exact) mass is 271 g/mol. The number of aromatic nitrogens is 2. The molecule has 0 unspecified atom stereocenters. The van der Waals surface area contributed by atoms with Gasteiger partial charge in [-0.3, -0.25) is 0 Å².